The predicted molar refractivity (Wildman–Crippen MR) is 139 cm³/mol. The Bertz CT molecular complexity index is 1670. The van der Waals surface area contributed by atoms with Gasteiger partial charge >= 0.3 is 0 Å². The average Bonchev–Trinajstić information content (AvgIpc) is 3.54. The van der Waals surface area contributed by atoms with Crippen molar-refractivity contribution < 1.29 is 35.5 Å². The Morgan fingerprint density at radius 3 is 2.38 bits per heavy atom. The molecule has 2 heterocycles. The number of furan rings is 1. The Morgan fingerprint density at radius 1 is 0.865 bits per heavy atom. The molecule has 0 radical (unpaired) electrons. The second-order valence-electron chi connectivity index (χ2n) is 8.85. The van der Waals surface area contributed by atoms with E-state index in [2.05, 4.69) is 47.0 Å². The fourth-order valence-corrected chi connectivity index (χ4v) is 4.78. The van der Waals surface area contributed by atoms with Gasteiger partial charge in [-0.25, -0.2) is 9.13 Å². The molecule has 5 nitrogen and oxygen atoms in total. The molecule has 0 saturated heterocycles. The number of rotatable bonds is 7. The number of halogens is 1. The number of hydrogen-bond donors (Lipinski definition) is 0. The fourth-order valence-electron chi connectivity index (χ4n) is 4.78. The summed E-state index contributed by atoms with van der Waals surface area (Å²) >= 11 is 0. The molecule has 1 unspecified atom stereocenters. The molecule has 0 bridgehead atoms. The predicted octanol–water partition coefficient (Wildman–Crippen LogP) is 3.21. The topological polar surface area (TPSA) is 48.2 Å². The van der Waals surface area contributed by atoms with Crippen LogP contribution in [0.3, 0.4) is 0 Å². The zero-order chi connectivity index (χ0) is 24.5. The van der Waals surface area contributed by atoms with Crippen LogP contribution in [0.2, 0.25) is 0 Å². The minimum atomic E-state index is -0.0541. The van der Waals surface area contributed by atoms with Gasteiger partial charge in [-0.15, -0.1) is 0 Å². The van der Waals surface area contributed by atoms with Gasteiger partial charge in [0.2, 0.25) is 12.1 Å². The molecule has 37 heavy (non-hydrogen) atoms. The minimum absolute atomic E-state index is 0. The van der Waals surface area contributed by atoms with Gasteiger partial charge in [-0.2, -0.15) is 0 Å². The quantitative estimate of drug-likeness (QED) is 0.226. The molecule has 0 saturated carbocycles. The molecule has 0 aliphatic carbocycles. The third-order valence-corrected chi connectivity index (χ3v) is 6.58. The lowest BCUT2D eigenvalue weighted by molar-refractivity contribution is -0.682. The number of benzene rings is 4. The molecule has 4 aromatic carbocycles. The lowest BCUT2D eigenvalue weighted by atomic mass is 9.97. The molecular formula is C31H25BrN2O3. The number of fused-ring (bicyclic) bond motifs is 3. The number of methoxy groups -OCH3 is 1. The van der Waals surface area contributed by atoms with Gasteiger partial charge in [-0.1, -0.05) is 54.6 Å². The molecule has 6 aromatic rings. The molecule has 0 N–H and O–H groups in total. The fraction of sp³-hybridized carbons (Fsp3) is 0.0968. The molecular weight excluding hydrogens is 528 g/mol. The van der Waals surface area contributed by atoms with Crippen LogP contribution in [-0.2, 0) is 6.54 Å². The van der Waals surface area contributed by atoms with Crippen molar-refractivity contribution in [1.29, 1.82) is 0 Å². The third-order valence-electron chi connectivity index (χ3n) is 6.58. The maximum absolute atomic E-state index is 12.9. The Kier molecular flexibility index (Phi) is 6.93. The number of hydrogen-bond acceptors (Lipinski definition) is 3. The number of carbonyl (C=O) groups is 1. The van der Waals surface area contributed by atoms with Crippen molar-refractivity contribution in [3.05, 3.63) is 132 Å². The highest BCUT2D eigenvalue weighted by Gasteiger charge is 2.23. The number of imidazole rings is 1. The molecule has 0 aliphatic rings. The zero-order valence-electron chi connectivity index (χ0n) is 20.3. The Labute approximate surface area is 225 Å². The summed E-state index contributed by atoms with van der Waals surface area (Å²) in [6, 6.07) is 32.1. The highest BCUT2D eigenvalue weighted by Crippen LogP contribution is 2.33. The van der Waals surface area contributed by atoms with E-state index in [0.717, 1.165) is 38.8 Å². The van der Waals surface area contributed by atoms with Gasteiger partial charge in [0.1, 0.15) is 29.3 Å². The van der Waals surface area contributed by atoms with Gasteiger partial charge in [0.15, 0.2) is 12.6 Å². The van der Waals surface area contributed by atoms with Crippen LogP contribution < -0.4 is 26.3 Å². The molecule has 6 rings (SSSR count). The van der Waals surface area contributed by atoms with Crippen molar-refractivity contribution in [3.8, 4) is 5.75 Å². The summed E-state index contributed by atoms with van der Waals surface area (Å²) in [5.74, 6) is 0.779. The van der Waals surface area contributed by atoms with Gasteiger partial charge in [0.05, 0.1) is 7.11 Å². The van der Waals surface area contributed by atoms with E-state index in [0.29, 0.717) is 5.56 Å². The molecule has 2 aromatic heterocycles. The van der Waals surface area contributed by atoms with E-state index >= 15 is 0 Å². The molecule has 0 aliphatic heterocycles. The maximum atomic E-state index is 12.9. The third kappa shape index (κ3) is 4.80. The van der Waals surface area contributed by atoms with Gasteiger partial charge < -0.3 is 26.1 Å². The SMILES string of the molecule is COc1ccc(C(=O)C[n+]2ccn(C(c3ccccc3)c3ccc4oc5ccccc5c4c3)c2)cc1.[Br-]. The summed E-state index contributed by atoms with van der Waals surface area (Å²) in [4.78, 5) is 12.9. The van der Waals surface area contributed by atoms with Crippen LogP contribution in [0, 0.1) is 0 Å². The highest BCUT2D eigenvalue weighted by molar-refractivity contribution is 6.05. The van der Waals surface area contributed by atoms with Crippen LogP contribution in [0.1, 0.15) is 27.5 Å². The van der Waals surface area contributed by atoms with E-state index in [9.17, 15) is 4.79 Å². The van der Waals surface area contributed by atoms with Crippen LogP contribution in [-0.4, -0.2) is 17.5 Å². The van der Waals surface area contributed by atoms with Crippen LogP contribution in [0.25, 0.3) is 21.9 Å². The summed E-state index contributed by atoms with van der Waals surface area (Å²) in [7, 11) is 1.62. The first-order valence-corrected chi connectivity index (χ1v) is 11.9. The van der Waals surface area contributed by atoms with Crippen LogP contribution in [0.15, 0.2) is 120 Å². The van der Waals surface area contributed by atoms with Gasteiger partial charge in [-0.3, -0.25) is 4.79 Å². The maximum Gasteiger partial charge on any atom is 0.244 e. The number of para-hydroxylation sites is 1. The van der Waals surface area contributed by atoms with Crippen molar-refractivity contribution in [2.24, 2.45) is 0 Å². The van der Waals surface area contributed by atoms with Crippen molar-refractivity contribution in [1.82, 2.24) is 4.57 Å². The van der Waals surface area contributed by atoms with Gasteiger partial charge in [0.25, 0.3) is 0 Å². The number of carbonyl (C=O) groups excluding carboxylic acids is 1. The number of aromatic nitrogens is 2. The second-order valence-corrected chi connectivity index (χ2v) is 8.85. The zero-order valence-corrected chi connectivity index (χ0v) is 21.8. The minimum Gasteiger partial charge on any atom is -1.00 e. The summed E-state index contributed by atoms with van der Waals surface area (Å²) in [6.45, 7) is 0.256. The van der Waals surface area contributed by atoms with Crippen molar-refractivity contribution >= 4 is 27.7 Å². The summed E-state index contributed by atoms with van der Waals surface area (Å²) in [6.07, 6.45) is 5.97. The lowest BCUT2D eigenvalue weighted by Gasteiger charge is -2.15. The van der Waals surface area contributed by atoms with Gasteiger partial charge in [0, 0.05) is 27.5 Å². The first-order valence-electron chi connectivity index (χ1n) is 11.9. The molecule has 184 valence electrons. The number of nitrogens with zero attached hydrogens (tertiary/aromatic N) is 2. The van der Waals surface area contributed by atoms with Crippen LogP contribution >= 0.6 is 0 Å². The molecule has 1 atom stereocenters. The van der Waals surface area contributed by atoms with E-state index in [1.165, 1.54) is 0 Å². The largest absolute Gasteiger partial charge is 1.00 e. The highest BCUT2D eigenvalue weighted by atomic mass is 79.9. The van der Waals surface area contributed by atoms with Crippen molar-refractivity contribution in [2.75, 3.05) is 7.11 Å². The summed E-state index contributed by atoms with van der Waals surface area (Å²) in [5.41, 5.74) is 4.72. The Balaban J connectivity index is 0.00000280. The van der Waals surface area contributed by atoms with Crippen LogP contribution in [0.4, 0.5) is 0 Å². The normalized spacial score (nSPS) is 11.8. The van der Waals surface area contributed by atoms with E-state index < -0.39 is 0 Å². The van der Waals surface area contributed by atoms with Crippen LogP contribution in [0.5, 0.6) is 5.75 Å². The van der Waals surface area contributed by atoms with E-state index in [-0.39, 0.29) is 35.4 Å². The average molecular weight is 553 g/mol. The molecule has 6 heteroatoms. The number of ketones is 1. The Hall–Kier alpha value is -4.16. The van der Waals surface area contributed by atoms with E-state index in [1.807, 2.05) is 65.8 Å². The van der Waals surface area contributed by atoms with Crippen molar-refractivity contribution in [3.63, 3.8) is 0 Å². The molecule has 0 amide bonds. The lowest BCUT2D eigenvalue weighted by Crippen LogP contribution is -3.00. The summed E-state index contributed by atoms with van der Waals surface area (Å²) < 4.78 is 15.3. The van der Waals surface area contributed by atoms with E-state index in [4.69, 9.17) is 9.15 Å². The first kappa shape index (κ1) is 24.5. The van der Waals surface area contributed by atoms with Crippen molar-refractivity contribution in [2.45, 2.75) is 12.6 Å². The Morgan fingerprint density at radius 2 is 1.59 bits per heavy atom. The molecule has 0 fully saturated rings. The second kappa shape index (κ2) is 10.4. The number of Topliss-reactive ketones (excluding diaryl/α,β-unsaturated/α-hetero) is 1. The standard InChI is InChI=1S/C31H25N2O3.BrH/c1-35-25-14-11-22(12-15-25)28(34)20-32-17-18-33(21-32)31(23-7-3-2-4-8-23)24-13-16-30-27(19-24)26-9-5-6-10-29(26)36-30;/h2-19,21,31H,20H2,1H3;1H/q+1;/p-1. The summed E-state index contributed by atoms with van der Waals surface area (Å²) in [5, 5.41) is 2.20. The smallest absolute Gasteiger partial charge is 0.244 e. The van der Waals surface area contributed by atoms with Gasteiger partial charge in [-0.05, 0) is 42.5 Å². The first-order chi connectivity index (χ1) is 17.7. The van der Waals surface area contributed by atoms with E-state index in [1.54, 1.807) is 19.2 Å². The number of ether oxygens (including phenoxy) is 1. The molecule has 0 spiro atoms. The monoisotopic (exact) mass is 552 g/mol.